The van der Waals surface area contributed by atoms with Gasteiger partial charge in [0.05, 0.1) is 11.9 Å². The van der Waals surface area contributed by atoms with Gasteiger partial charge in [-0.3, -0.25) is 4.79 Å². The highest BCUT2D eigenvalue weighted by atomic mass is 32.2. The standard InChI is InChI=1S/C24H28N4O3S/c29-23(25-16-21-12-7-15-30-21)18-32-24-27-26-22(17-31-20-10-5-2-6-11-20)28(24)14-13-19-8-3-1-4-9-19/h1-6,8-11,21H,7,12-18H2,(H,25,29)/t21-/m0/s1. The van der Waals surface area contributed by atoms with Gasteiger partial charge in [0.15, 0.2) is 11.0 Å². The third-order valence-corrected chi connectivity index (χ3v) is 6.22. The molecule has 4 rings (SSSR count). The second-order valence-electron chi connectivity index (χ2n) is 7.62. The van der Waals surface area contributed by atoms with Gasteiger partial charge < -0.3 is 19.4 Å². The van der Waals surface area contributed by atoms with E-state index in [-0.39, 0.29) is 17.8 Å². The van der Waals surface area contributed by atoms with Gasteiger partial charge in [0, 0.05) is 19.7 Å². The molecule has 1 amide bonds. The Morgan fingerprint density at radius 1 is 1.12 bits per heavy atom. The lowest BCUT2D eigenvalue weighted by Gasteiger charge is -2.12. The summed E-state index contributed by atoms with van der Waals surface area (Å²) in [6.45, 7) is 2.38. The van der Waals surface area contributed by atoms with Crippen LogP contribution in [0.1, 0.15) is 24.2 Å². The van der Waals surface area contributed by atoms with Crippen LogP contribution in [-0.2, 0) is 29.1 Å². The number of nitrogens with one attached hydrogen (secondary N) is 1. The van der Waals surface area contributed by atoms with Gasteiger partial charge in [-0.15, -0.1) is 10.2 Å². The molecule has 0 bridgehead atoms. The lowest BCUT2D eigenvalue weighted by molar-refractivity contribution is -0.119. The fraction of sp³-hybridized carbons (Fsp3) is 0.375. The number of amides is 1. The predicted molar refractivity (Wildman–Crippen MR) is 124 cm³/mol. The van der Waals surface area contributed by atoms with E-state index in [1.54, 1.807) is 0 Å². The number of nitrogens with zero attached hydrogens (tertiary/aromatic N) is 3. The number of benzene rings is 2. The van der Waals surface area contributed by atoms with Crippen molar-refractivity contribution in [1.29, 1.82) is 0 Å². The molecule has 0 unspecified atom stereocenters. The Kier molecular flexibility index (Phi) is 8.17. The summed E-state index contributed by atoms with van der Waals surface area (Å²) >= 11 is 1.40. The van der Waals surface area contributed by atoms with Crippen LogP contribution in [0.15, 0.2) is 65.8 Å². The normalized spacial score (nSPS) is 15.6. The average molecular weight is 453 g/mol. The van der Waals surface area contributed by atoms with Crippen molar-refractivity contribution in [2.24, 2.45) is 0 Å². The van der Waals surface area contributed by atoms with Crippen LogP contribution >= 0.6 is 11.8 Å². The van der Waals surface area contributed by atoms with Crippen LogP contribution < -0.4 is 10.1 Å². The highest BCUT2D eigenvalue weighted by Crippen LogP contribution is 2.20. The predicted octanol–water partition coefficient (Wildman–Crippen LogP) is 3.49. The van der Waals surface area contributed by atoms with E-state index >= 15 is 0 Å². The Morgan fingerprint density at radius 3 is 2.66 bits per heavy atom. The molecule has 32 heavy (non-hydrogen) atoms. The minimum absolute atomic E-state index is 0.0230. The van der Waals surface area contributed by atoms with Crippen LogP contribution in [0.2, 0.25) is 0 Å². The van der Waals surface area contributed by atoms with E-state index in [4.69, 9.17) is 9.47 Å². The molecule has 1 fully saturated rings. The van der Waals surface area contributed by atoms with Crippen molar-refractivity contribution in [3.05, 3.63) is 72.1 Å². The monoisotopic (exact) mass is 452 g/mol. The van der Waals surface area contributed by atoms with E-state index in [2.05, 4.69) is 27.6 Å². The van der Waals surface area contributed by atoms with Crippen LogP contribution in [0.25, 0.3) is 0 Å². The molecule has 1 atom stereocenters. The molecule has 0 radical (unpaired) electrons. The van der Waals surface area contributed by atoms with E-state index < -0.39 is 0 Å². The number of para-hydroxylation sites is 1. The molecule has 0 aliphatic carbocycles. The van der Waals surface area contributed by atoms with E-state index in [0.717, 1.165) is 42.6 Å². The summed E-state index contributed by atoms with van der Waals surface area (Å²) in [4.78, 5) is 12.3. The summed E-state index contributed by atoms with van der Waals surface area (Å²) in [7, 11) is 0. The molecule has 168 valence electrons. The summed E-state index contributed by atoms with van der Waals surface area (Å²) in [5, 5.41) is 12.4. The lowest BCUT2D eigenvalue weighted by atomic mass is 10.1. The van der Waals surface area contributed by atoms with E-state index in [1.165, 1.54) is 17.3 Å². The fourth-order valence-corrected chi connectivity index (χ4v) is 4.33. The van der Waals surface area contributed by atoms with Crippen molar-refractivity contribution < 1.29 is 14.3 Å². The van der Waals surface area contributed by atoms with Crippen LogP contribution in [0.5, 0.6) is 5.75 Å². The van der Waals surface area contributed by atoms with E-state index in [0.29, 0.717) is 19.7 Å². The van der Waals surface area contributed by atoms with Crippen LogP contribution in [-0.4, -0.2) is 45.7 Å². The number of thioether (sulfide) groups is 1. The molecule has 2 heterocycles. The number of aromatic nitrogens is 3. The van der Waals surface area contributed by atoms with Crippen molar-refractivity contribution in [3.63, 3.8) is 0 Å². The van der Waals surface area contributed by atoms with Gasteiger partial charge in [-0.05, 0) is 37.0 Å². The third kappa shape index (κ3) is 6.58. The maximum absolute atomic E-state index is 12.3. The first kappa shape index (κ1) is 22.4. The first-order valence-electron chi connectivity index (χ1n) is 10.9. The molecule has 1 aliphatic heterocycles. The fourth-order valence-electron chi connectivity index (χ4n) is 3.52. The molecule has 8 heteroatoms. The summed E-state index contributed by atoms with van der Waals surface area (Å²) in [6, 6.07) is 20.0. The summed E-state index contributed by atoms with van der Waals surface area (Å²) in [6.07, 6.45) is 3.05. The highest BCUT2D eigenvalue weighted by molar-refractivity contribution is 7.99. The van der Waals surface area contributed by atoms with Gasteiger partial charge >= 0.3 is 0 Å². The van der Waals surface area contributed by atoms with E-state index in [9.17, 15) is 4.79 Å². The highest BCUT2D eigenvalue weighted by Gasteiger charge is 2.18. The van der Waals surface area contributed by atoms with Gasteiger partial charge in [-0.25, -0.2) is 0 Å². The number of carbonyl (C=O) groups excluding carboxylic acids is 1. The number of ether oxygens (including phenoxy) is 2. The maximum atomic E-state index is 12.3. The maximum Gasteiger partial charge on any atom is 0.230 e. The van der Waals surface area contributed by atoms with Gasteiger partial charge in [0.2, 0.25) is 5.91 Å². The number of rotatable bonds is 11. The van der Waals surface area contributed by atoms with Crippen LogP contribution in [0.3, 0.4) is 0 Å². The summed E-state index contributed by atoms with van der Waals surface area (Å²) < 4.78 is 13.5. The molecule has 2 aromatic carbocycles. The molecular weight excluding hydrogens is 424 g/mol. The number of hydrogen-bond donors (Lipinski definition) is 1. The van der Waals surface area contributed by atoms with Crippen molar-refractivity contribution >= 4 is 17.7 Å². The first-order chi connectivity index (χ1) is 15.8. The average Bonchev–Trinajstić information content (AvgIpc) is 3.50. The topological polar surface area (TPSA) is 78.3 Å². The van der Waals surface area contributed by atoms with Gasteiger partial charge in [-0.1, -0.05) is 60.3 Å². The summed E-state index contributed by atoms with van der Waals surface area (Å²) in [5.74, 6) is 1.79. The molecule has 1 aliphatic rings. The largest absolute Gasteiger partial charge is 0.486 e. The van der Waals surface area contributed by atoms with Crippen molar-refractivity contribution in [2.75, 3.05) is 18.9 Å². The Balaban J connectivity index is 1.37. The molecule has 3 aromatic rings. The Morgan fingerprint density at radius 2 is 1.91 bits per heavy atom. The minimum Gasteiger partial charge on any atom is -0.486 e. The van der Waals surface area contributed by atoms with Crippen molar-refractivity contribution in [2.45, 2.75) is 43.7 Å². The van der Waals surface area contributed by atoms with Gasteiger partial charge in [0.25, 0.3) is 0 Å². The van der Waals surface area contributed by atoms with Crippen molar-refractivity contribution in [3.8, 4) is 5.75 Å². The Bertz CT molecular complexity index is 975. The smallest absolute Gasteiger partial charge is 0.230 e. The quantitative estimate of drug-likeness (QED) is 0.449. The zero-order valence-electron chi connectivity index (χ0n) is 18.0. The lowest BCUT2D eigenvalue weighted by Crippen LogP contribution is -2.33. The second kappa shape index (κ2) is 11.7. The first-order valence-corrected chi connectivity index (χ1v) is 11.9. The third-order valence-electron chi connectivity index (χ3n) is 5.25. The van der Waals surface area contributed by atoms with Crippen LogP contribution in [0.4, 0.5) is 0 Å². The van der Waals surface area contributed by atoms with Crippen molar-refractivity contribution in [1.82, 2.24) is 20.1 Å². The molecule has 0 spiro atoms. The molecule has 1 N–H and O–H groups in total. The minimum atomic E-state index is -0.0230. The second-order valence-corrected chi connectivity index (χ2v) is 8.56. The number of aryl methyl sites for hydroxylation is 1. The zero-order valence-corrected chi connectivity index (χ0v) is 18.8. The Labute approximate surface area is 192 Å². The zero-order chi connectivity index (χ0) is 22.0. The van der Waals surface area contributed by atoms with Gasteiger partial charge in [-0.2, -0.15) is 0 Å². The molecular formula is C24H28N4O3S. The van der Waals surface area contributed by atoms with E-state index in [1.807, 2.05) is 53.1 Å². The molecule has 1 aromatic heterocycles. The number of carbonyl (C=O) groups is 1. The number of hydrogen-bond acceptors (Lipinski definition) is 6. The molecule has 7 nitrogen and oxygen atoms in total. The molecule has 1 saturated heterocycles. The SMILES string of the molecule is O=C(CSc1nnc(COc2ccccc2)n1CCc1ccccc1)NC[C@@H]1CCCO1. The van der Waals surface area contributed by atoms with Crippen LogP contribution in [0, 0.1) is 0 Å². The molecule has 0 saturated carbocycles. The van der Waals surface area contributed by atoms with Gasteiger partial charge in [0.1, 0.15) is 12.4 Å². The Hall–Kier alpha value is -2.84. The summed E-state index contributed by atoms with van der Waals surface area (Å²) in [5.41, 5.74) is 1.24.